The molecule has 210 valence electrons. The first-order valence-electron chi connectivity index (χ1n) is 13.1. The van der Waals surface area contributed by atoms with Crippen LogP contribution in [0.4, 0.5) is 22.0 Å². The van der Waals surface area contributed by atoms with Gasteiger partial charge in [0, 0.05) is 62.2 Å². The number of rotatable bonds is 6. The van der Waals surface area contributed by atoms with Gasteiger partial charge in [0.1, 0.15) is 0 Å². The number of hydrogen-bond acceptors (Lipinski definition) is 6. The molecule has 1 N–H and O–H groups in total. The van der Waals surface area contributed by atoms with Crippen LogP contribution < -0.4 is 5.32 Å². The van der Waals surface area contributed by atoms with Gasteiger partial charge in [0.05, 0.1) is 22.3 Å². The van der Waals surface area contributed by atoms with Gasteiger partial charge in [0.25, 0.3) is 15.9 Å². The quantitative estimate of drug-likeness (QED) is 0.521. The lowest BCUT2D eigenvalue weighted by Crippen LogP contribution is -2.63. The zero-order valence-corrected chi connectivity index (χ0v) is 21.4. The Bertz CT molecular complexity index is 1390. The molecule has 38 heavy (non-hydrogen) atoms. The second-order valence-electron chi connectivity index (χ2n) is 9.35. The molecule has 1 aromatic heterocycles. The second kappa shape index (κ2) is 10.3. The van der Waals surface area contributed by atoms with Crippen LogP contribution in [0.2, 0.25) is 5.02 Å². The first-order valence-corrected chi connectivity index (χ1v) is 13.4. The highest BCUT2D eigenvalue weighted by atomic mass is 35.5. The highest BCUT2D eigenvalue weighted by Gasteiger charge is 2.48. The van der Waals surface area contributed by atoms with Crippen LogP contribution >= 0.6 is 11.6 Å². The van der Waals surface area contributed by atoms with Crippen molar-refractivity contribution >= 4 is 27.5 Å². The molecule has 4 rings (SSSR count). The van der Waals surface area contributed by atoms with Gasteiger partial charge >= 0.3 is 6.18 Å². The lowest BCUT2D eigenvalue weighted by atomic mass is 9.78. The number of hydrogen-bond donors (Lipinski definition) is 1. The Kier molecular flexibility index (Phi) is 6.70. The number of benzene rings is 1. The Morgan fingerprint density at radius 2 is 1.82 bits per heavy atom. The average molecular weight is 588 g/mol. The molecule has 2 aromatic rings. The van der Waals surface area contributed by atoms with Crippen molar-refractivity contribution in [2.24, 2.45) is 6.98 Å². The van der Waals surface area contributed by atoms with Gasteiger partial charge in [0.2, 0.25) is 10.9 Å². The fourth-order valence-corrected chi connectivity index (χ4v) is 6.35. The summed E-state index contributed by atoms with van der Waals surface area (Å²) in [5, 5.41) is 8.49. The number of carbonyl (C=O) groups excluding carboxylic acids is 1. The first kappa shape index (κ1) is 24.7. The van der Waals surface area contributed by atoms with Gasteiger partial charge in [-0.1, -0.05) is 16.8 Å². The molecule has 1 aliphatic heterocycles. The lowest BCUT2D eigenvalue weighted by molar-refractivity contribution is -0.137. The number of carbonyl (C=O) groups is 1. The van der Waals surface area contributed by atoms with Crippen LogP contribution in [0.25, 0.3) is 0 Å². The van der Waals surface area contributed by atoms with Crippen molar-refractivity contribution in [3.63, 3.8) is 0 Å². The minimum Gasteiger partial charge on any atom is -0.350 e. The van der Waals surface area contributed by atoms with Gasteiger partial charge in [-0.2, -0.15) is 17.5 Å². The maximum Gasteiger partial charge on any atom is 0.416 e. The number of halogens is 6. The molecule has 2 aliphatic rings. The van der Waals surface area contributed by atoms with E-state index in [-0.39, 0.29) is 51.1 Å². The van der Waals surface area contributed by atoms with Crippen LogP contribution in [0, 0.1) is 0 Å². The fraction of sp³-hybridized carbons (Fsp3) is 0.591. The molecule has 0 spiro atoms. The molecule has 16 heteroatoms. The van der Waals surface area contributed by atoms with E-state index in [0.717, 1.165) is 16.6 Å². The van der Waals surface area contributed by atoms with Crippen molar-refractivity contribution in [2.75, 3.05) is 32.7 Å². The van der Waals surface area contributed by atoms with E-state index < -0.39 is 69.0 Å². The molecule has 1 saturated carbocycles. The molecule has 0 radical (unpaired) electrons. The molecule has 0 atom stereocenters. The predicted molar refractivity (Wildman–Crippen MR) is 126 cm³/mol. The molecule has 2 fully saturated rings. The highest BCUT2D eigenvalue weighted by molar-refractivity contribution is 7.89. The Morgan fingerprint density at radius 1 is 1.16 bits per heavy atom. The average Bonchev–Trinajstić information content (AvgIpc) is 3.40. The third-order valence-electron chi connectivity index (χ3n) is 7.02. The van der Waals surface area contributed by atoms with E-state index in [1.807, 2.05) is 4.90 Å². The van der Waals surface area contributed by atoms with Crippen LogP contribution in [0.1, 0.15) is 45.7 Å². The van der Waals surface area contributed by atoms with E-state index in [9.17, 15) is 35.2 Å². The van der Waals surface area contributed by atoms with E-state index in [1.165, 1.54) is 0 Å². The van der Waals surface area contributed by atoms with E-state index >= 15 is 0 Å². The minimum absolute atomic E-state index is 0.0271. The van der Waals surface area contributed by atoms with Crippen LogP contribution in [0.3, 0.4) is 0 Å². The Hall–Kier alpha value is -2.36. The third kappa shape index (κ3) is 5.95. The summed E-state index contributed by atoms with van der Waals surface area (Å²) < 4.78 is 117. The van der Waals surface area contributed by atoms with Crippen molar-refractivity contribution in [1.82, 2.24) is 29.5 Å². The molecule has 1 aliphatic carbocycles. The lowest BCUT2D eigenvalue weighted by Gasteiger charge is -2.50. The summed E-state index contributed by atoms with van der Waals surface area (Å²) in [4.78, 5) is 14.7. The monoisotopic (exact) mass is 587 g/mol. The highest BCUT2D eigenvalue weighted by Crippen LogP contribution is 2.42. The van der Waals surface area contributed by atoms with Crippen LogP contribution in [0.5, 0.6) is 0 Å². The number of alkyl halides is 5. The Labute approximate surface area is 225 Å². The smallest absolute Gasteiger partial charge is 0.350 e. The summed E-state index contributed by atoms with van der Waals surface area (Å²) in [6.07, 6.45) is -4.85. The standard InChI is InChI=1S/C22H26ClF5N6O3S/c1-32-13-18(30-31-32)38(36,37)34-10-8-33(9-11-34)20(4-6-21(24,25)7-5-20)14-29-19(35)16-3-2-15(12-17(16)23)22(26,27)28/h2-3,12-13H,4-11,14H2,1H3,(H,29,35)/i1D3. The SMILES string of the molecule is [2H]C([2H])([2H])n1cc(S(=O)(=O)N2CCN(C3(CNC(=O)c4ccc(C(F)(F)F)cc4Cl)CCC(F)(F)CC3)CC2)nn1. The van der Waals surface area contributed by atoms with Crippen molar-refractivity contribution in [3.05, 3.63) is 40.5 Å². The largest absolute Gasteiger partial charge is 0.416 e. The summed E-state index contributed by atoms with van der Waals surface area (Å²) in [5.41, 5.74) is -2.22. The number of aromatic nitrogens is 3. The van der Waals surface area contributed by atoms with Crippen molar-refractivity contribution < 1.29 is 39.3 Å². The number of nitrogens with zero attached hydrogens (tertiary/aromatic N) is 5. The minimum atomic E-state index is -4.66. The third-order valence-corrected chi connectivity index (χ3v) is 9.09. The van der Waals surface area contributed by atoms with Crippen molar-refractivity contribution in [2.45, 2.75) is 48.3 Å². The van der Waals surface area contributed by atoms with Crippen LogP contribution in [-0.4, -0.2) is 82.7 Å². The Morgan fingerprint density at radius 3 is 2.37 bits per heavy atom. The van der Waals surface area contributed by atoms with Crippen LogP contribution in [-0.2, 0) is 23.2 Å². The van der Waals surface area contributed by atoms with Crippen molar-refractivity contribution in [1.29, 1.82) is 0 Å². The number of nitrogens with one attached hydrogen (secondary N) is 1. The molecule has 9 nitrogen and oxygen atoms in total. The molecule has 0 unspecified atom stereocenters. The maximum absolute atomic E-state index is 14.1. The number of piperazine rings is 1. The van der Waals surface area contributed by atoms with Gasteiger partial charge in [0.15, 0.2) is 0 Å². The summed E-state index contributed by atoms with van der Waals surface area (Å²) in [7, 11) is -4.20. The molecule has 1 saturated heterocycles. The molecular weight excluding hydrogens is 559 g/mol. The molecular formula is C22H26ClF5N6O3S. The van der Waals surface area contributed by atoms with E-state index in [1.54, 1.807) is 0 Å². The topological polar surface area (TPSA) is 100 Å². The summed E-state index contributed by atoms with van der Waals surface area (Å²) in [5.74, 6) is -3.69. The number of aryl methyl sites for hydroxylation is 1. The maximum atomic E-state index is 14.1. The zero-order chi connectivity index (χ0) is 30.4. The summed E-state index contributed by atoms with van der Waals surface area (Å²) in [6, 6.07) is 2.28. The van der Waals surface area contributed by atoms with E-state index in [4.69, 9.17) is 15.7 Å². The Balaban J connectivity index is 1.48. The summed E-state index contributed by atoms with van der Waals surface area (Å²) >= 11 is 5.93. The van der Waals surface area contributed by atoms with Gasteiger partial charge < -0.3 is 5.32 Å². The number of amides is 1. The normalized spacial score (nSPS) is 22.3. The van der Waals surface area contributed by atoms with Gasteiger partial charge in [-0.15, -0.1) is 5.10 Å². The second-order valence-corrected chi connectivity index (χ2v) is 11.6. The molecule has 0 bridgehead atoms. The molecule has 1 aromatic carbocycles. The zero-order valence-electron chi connectivity index (χ0n) is 22.8. The summed E-state index contributed by atoms with van der Waals surface area (Å²) in [6.45, 7) is -2.77. The predicted octanol–water partition coefficient (Wildman–Crippen LogP) is 3.17. The first-order chi connectivity index (χ1) is 18.8. The number of sulfonamides is 1. The van der Waals surface area contributed by atoms with Gasteiger partial charge in [-0.25, -0.2) is 17.2 Å². The molecule has 1 amide bonds. The molecule has 2 heterocycles. The van der Waals surface area contributed by atoms with Gasteiger partial charge in [-0.05, 0) is 31.0 Å². The van der Waals surface area contributed by atoms with Crippen molar-refractivity contribution in [3.8, 4) is 0 Å². The fourth-order valence-electron chi connectivity index (χ4n) is 4.80. The van der Waals surface area contributed by atoms with Gasteiger partial charge in [-0.3, -0.25) is 14.4 Å². The van der Waals surface area contributed by atoms with E-state index in [2.05, 4.69) is 15.6 Å². The van der Waals surface area contributed by atoms with Crippen LogP contribution in [0.15, 0.2) is 29.4 Å². The van der Waals surface area contributed by atoms with E-state index in [0.29, 0.717) is 16.8 Å².